The fourth-order valence-corrected chi connectivity index (χ4v) is 7.73. The third kappa shape index (κ3) is 4.56. The topological polar surface area (TPSA) is 59.4 Å². The van der Waals surface area contributed by atoms with Crippen LogP contribution in [0.2, 0.25) is 0 Å². The maximum absolute atomic E-state index is 10.2. The van der Waals surface area contributed by atoms with Crippen molar-refractivity contribution in [2.45, 2.75) is 0 Å². The zero-order valence-corrected chi connectivity index (χ0v) is 28.0. The van der Waals surface area contributed by atoms with Crippen LogP contribution in [0.5, 0.6) is 0 Å². The zero-order valence-electron chi connectivity index (χ0n) is 28.0. The molecule has 3 aromatic heterocycles. The number of nitrogens with zero attached hydrogens (tertiary/aromatic N) is 5. The minimum atomic E-state index is 0.628. The molecule has 7 aromatic carbocycles. The van der Waals surface area contributed by atoms with Gasteiger partial charge >= 0.3 is 0 Å². The minimum absolute atomic E-state index is 0.628. The van der Waals surface area contributed by atoms with Crippen LogP contribution in [-0.2, 0) is 0 Å². The second-order valence-electron chi connectivity index (χ2n) is 12.9. The summed E-state index contributed by atoms with van der Waals surface area (Å²) in [6.45, 7) is 0. The van der Waals surface area contributed by atoms with Gasteiger partial charge in [-0.2, -0.15) is 5.26 Å². The summed E-state index contributed by atoms with van der Waals surface area (Å²) in [6.07, 6.45) is 0. The molecule has 0 aliphatic rings. The number of aromatic nitrogens is 4. The molecule has 5 heteroatoms. The van der Waals surface area contributed by atoms with Crippen molar-refractivity contribution >= 4 is 43.6 Å². The molecule has 0 spiro atoms. The smallest absolute Gasteiger partial charge is 0.160 e. The molecule has 242 valence electrons. The monoisotopic (exact) mass is 663 g/mol. The van der Waals surface area contributed by atoms with Crippen LogP contribution in [0.4, 0.5) is 0 Å². The summed E-state index contributed by atoms with van der Waals surface area (Å²) in [6, 6.07) is 63.0. The second-order valence-corrected chi connectivity index (χ2v) is 12.9. The van der Waals surface area contributed by atoms with Gasteiger partial charge in [0.1, 0.15) is 6.07 Å². The summed E-state index contributed by atoms with van der Waals surface area (Å²) < 4.78 is 4.64. The molecular weight excluding hydrogens is 635 g/mol. The molecule has 0 fully saturated rings. The summed E-state index contributed by atoms with van der Waals surface area (Å²) in [7, 11) is 0. The van der Waals surface area contributed by atoms with Crippen LogP contribution in [0.15, 0.2) is 176 Å². The van der Waals surface area contributed by atoms with Gasteiger partial charge in [-0.3, -0.25) is 0 Å². The number of para-hydroxylation sites is 4. The van der Waals surface area contributed by atoms with Crippen LogP contribution in [0.1, 0.15) is 5.56 Å². The average molecular weight is 664 g/mol. The highest BCUT2D eigenvalue weighted by Gasteiger charge is 2.23. The van der Waals surface area contributed by atoms with E-state index in [2.05, 4.69) is 130 Å². The van der Waals surface area contributed by atoms with E-state index in [9.17, 15) is 5.26 Å². The molecule has 10 rings (SSSR count). The van der Waals surface area contributed by atoms with E-state index >= 15 is 0 Å². The Hall–Kier alpha value is -7.29. The molecule has 0 radical (unpaired) electrons. The Labute approximate surface area is 299 Å². The van der Waals surface area contributed by atoms with E-state index < -0.39 is 0 Å². The lowest BCUT2D eigenvalue weighted by molar-refractivity contribution is 1.15. The Bertz CT molecular complexity index is 2960. The van der Waals surface area contributed by atoms with E-state index in [1.54, 1.807) is 0 Å². The van der Waals surface area contributed by atoms with Gasteiger partial charge in [0.2, 0.25) is 0 Å². The van der Waals surface area contributed by atoms with E-state index in [0.29, 0.717) is 11.4 Å². The molecule has 52 heavy (non-hydrogen) atoms. The van der Waals surface area contributed by atoms with E-state index in [4.69, 9.17) is 9.97 Å². The number of hydrogen-bond donors (Lipinski definition) is 0. The first-order valence-electron chi connectivity index (χ1n) is 17.3. The Balaban J connectivity index is 1.32. The van der Waals surface area contributed by atoms with Gasteiger partial charge < -0.3 is 9.13 Å². The van der Waals surface area contributed by atoms with Gasteiger partial charge in [-0.1, -0.05) is 133 Å². The SMILES string of the molecule is N#Cc1ccccc1-n1c2ccccc2c2c1ccc1c3ccccc3n(-c3ccccc3-c3cc(-c4ccccc4)nc(-c4ccccc4)n3)c12. The average Bonchev–Trinajstić information content (AvgIpc) is 3.74. The van der Waals surface area contributed by atoms with Crippen LogP contribution in [0, 0.1) is 11.3 Å². The maximum Gasteiger partial charge on any atom is 0.160 e. The van der Waals surface area contributed by atoms with Crippen LogP contribution in [0.25, 0.3) is 88.9 Å². The predicted molar refractivity (Wildman–Crippen MR) is 212 cm³/mol. The molecule has 0 saturated heterocycles. The predicted octanol–water partition coefficient (Wildman–Crippen LogP) is 11.5. The Morgan fingerprint density at radius 3 is 1.81 bits per heavy atom. The molecular formula is C47H29N5. The van der Waals surface area contributed by atoms with Crippen molar-refractivity contribution in [1.29, 1.82) is 5.26 Å². The van der Waals surface area contributed by atoms with Crippen molar-refractivity contribution < 1.29 is 0 Å². The second kappa shape index (κ2) is 11.9. The van der Waals surface area contributed by atoms with Gasteiger partial charge in [0.25, 0.3) is 0 Å². The van der Waals surface area contributed by atoms with Crippen molar-refractivity contribution in [3.05, 3.63) is 181 Å². The van der Waals surface area contributed by atoms with Crippen molar-refractivity contribution in [2.75, 3.05) is 0 Å². The molecule has 10 aromatic rings. The normalized spacial score (nSPS) is 11.4. The van der Waals surface area contributed by atoms with E-state index in [0.717, 1.165) is 77.7 Å². The van der Waals surface area contributed by atoms with Gasteiger partial charge in [-0.15, -0.1) is 0 Å². The Kier molecular flexibility index (Phi) is 6.80. The number of nitriles is 1. The summed E-state index contributed by atoms with van der Waals surface area (Å²) >= 11 is 0. The zero-order chi connectivity index (χ0) is 34.6. The van der Waals surface area contributed by atoms with Crippen molar-refractivity contribution in [3.8, 4) is 51.3 Å². The molecule has 0 aliphatic heterocycles. The lowest BCUT2D eigenvalue weighted by atomic mass is 10.0. The maximum atomic E-state index is 10.2. The molecule has 3 heterocycles. The van der Waals surface area contributed by atoms with Crippen LogP contribution >= 0.6 is 0 Å². The van der Waals surface area contributed by atoms with Crippen LogP contribution in [0.3, 0.4) is 0 Å². The largest absolute Gasteiger partial charge is 0.308 e. The standard InChI is InChI=1S/C47H29N5/c48-30-33-19-7-11-23-40(33)51-43-26-14-10-22-37(43)45-44(51)28-27-35-34-20-8-12-24-41(34)52(46(35)45)42-25-13-9-21-36(42)39-29-38(31-15-3-1-4-16-31)49-47(50-39)32-17-5-2-6-18-32/h1-29H. The highest BCUT2D eigenvalue weighted by atomic mass is 15.0. The van der Waals surface area contributed by atoms with E-state index in [1.165, 1.54) is 5.39 Å². The van der Waals surface area contributed by atoms with Gasteiger partial charge in [-0.05, 0) is 42.5 Å². The highest BCUT2D eigenvalue weighted by molar-refractivity contribution is 6.26. The number of benzene rings is 7. The first-order chi connectivity index (χ1) is 25.8. The fourth-order valence-electron chi connectivity index (χ4n) is 7.73. The van der Waals surface area contributed by atoms with Crippen molar-refractivity contribution in [3.63, 3.8) is 0 Å². The molecule has 0 saturated carbocycles. The van der Waals surface area contributed by atoms with Crippen LogP contribution < -0.4 is 0 Å². The lowest BCUT2D eigenvalue weighted by Gasteiger charge is -2.16. The molecule has 0 N–H and O–H groups in total. The summed E-state index contributed by atoms with van der Waals surface area (Å²) in [5.41, 5.74) is 11.5. The Morgan fingerprint density at radius 2 is 1.04 bits per heavy atom. The summed E-state index contributed by atoms with van der Waals surface area (Å²) in [5.74, 6) is 0.676. The highest BCUT2D eigenvalue weighted by Crippen LogP contribution is 2.43. The van der Waals surface area contributed by atoms with E-state index in [-0.39, 0.29) is 0 Å². The van der Waals surface area contributed by atoms with Gasteiger partial charge in [0.05, 0.1) is 50.4 Å². The lowest BCUT2D eigenvalue weighted by Crippen LogP contribution is -2.01. The van der Waals surface area contributed by atoms with Crippen molar-refractivity contribution in [2.24, 2.45) is 0 Å². The van der Waals surface area contributed by atoms with Crippen LogP contribution in [-0.4, -0.2) is 19.1 Å². The third-order valence-corrected chi connectivity index (χ3v) is 9.98. The molecule has 0 aliphatic carbocycles. The van der Waals surface area contributed by atoms with E-state index in [1.807, 2.05) is 60.7 Å². The molecule has 0 amide bonds. The quantitative estimate of drug-likeness (QED) is 0.184. The fraction of sp³-hybridized carbons (Fsp3) is 0. The Morgan fingerprint density at radius 1 is 0.442 bits per heavy atom. The molecule has 5 nitrogen and oxygen atoms in total. The van der Waals surface area contributed by atoms with Gasteiger partial charge in [0, 0.05) is 38.2 Å². The first-order valence-corrected chi connectivity index (χ1v) is 17.3. The number of fused-ring (bicyclic) bond motifs is 7. The van der Waals surface area contributed by atoms with Gasteiger partial charge in [0.15, 0.2) is 5.82 Å². The number of hydrogen-bond acceptors (Lipinski definition) is 3. The summed E-state index contributed by atoms with van der Waals surface area (Å²) in [5, 5.41) is 14.7. The minimum Gasteiger partial charge on any atom is -0.308 e. The third-order valence-electron chi connectivity index (χ3n) is 9.98. The first kappa shape index (κ1) is 29.6. The molecule has 0 bridgehead atoms. The summed E-state index contributed by atoms with van der Waals surface area (Å²) in [4.78, 5) is 10.3. The molecule has 0 unspecified atom stereocenters. The van der Waals surface area contributed by atoms with Gasteiger partial charge in [-0.25, -0.2) is 9.97 Å². The number of rotatable bonds is 5. The van der Waals surface area contributed by atoms with Crippen molar-refractivity contribution in [1.82, 2.24) is 19.1 Å². The molecule has 0 atom stereocenters.